The van der Waals surface area contributed by atoms with Gasteiger partial charge in [-0.2, -0.15) is 0 Å². The van der Waals surface area contributed by atoms with Gasteiger partial charge in [0.05, 0.1) is 5.92 Å². The van der Waals surface area contributed by atoms with Crippen molar-refractivity contribution in [2.45, 2.75) is 10.8 Å². The molecule has 0 spiro atoms. The molecule has 1 aliphatic carbocycles. The molecule has 2 rings (SSSR count). The Hall–Kier alpha value is -0.670. The number of alkyl halides is 2. The van der Waals surface area contributed by atoms with Gasteiger partial charge in [0, 0.05) is 19.4 Å². The summed E-state index contributed by atoms with van der Waals surface area (Å²) in [6.45, 7) is 0. The quantitative estimate of drug-likeness (QED) is 0.714. The second-order valence-electron chi connectivity index (χ2n) is 3.44. The number of amides is 1. The molecule has 1 aromatic heterocycles. The molecule has 1 atom stereocenters. The highest BCUT2D eigenvalue weighted by molar-refractivity contribution is 6.52. The van der Waals surface area contributed by atoms with Gasteiger partial charge in [0.15, 0.2) is 0 Å². The minimum atomic E-state index is -0.849. The molecule has 0 saturated heterocycles. The van der Waals surface area contributed by atoms with E-state index in [0.717, 1.165) is 0 Å². The van der Waals surface area contributed by atoms with Crippen LogP contribution in [0.1, 0.15) is 6.42 Å². The summed E-state index contributed by atoms with van der Waals surface area (Å²) in [5, 5.41) is 1.51. The third kappa shape index (κ3) is 1.62. The first-order valence-electron chi connectivity index (χ1n) is 4.31. The van der Waals surface area contributed by atoms with Crippen LogP contribution >= 0.6 is 23.2 Å². The molecule has 3 nitrogen and oxygen atoms in total. The van der Waals surface area contributed by atoms with E-state index in [9.17, 15) is 4.79 Å². The van der Waals surface area contributed by atoms with Gasteiger partial charge >= 0.3 is 0 Å². The van der Waals surface area contributed by atoms with Crippen molar-refractivity contribution in [3.8, 4) is 0 Å². The summed E-state index contributed by atoms with van der Waals surface area (Å²) in [6.07, 6.45) is 4.13. The fraction of sp³-hybridized carbons (Fsp3) is 0.444. The Morgan fingerprint density at radius 1 is 1.50 bits per heavy atom. The van der Waals surface area contributed by atoms with Gasteiger partial charge in [0.2, 0.25) is 5.91 Å². The third-order valence-electron chi connectivity index (χ3n) is 2.38. The predicted molar refractivity (Wildman–Crippen MR) is 56.1 cm³/mol. The van der Waals surface area contributed by atoms with E-state index in [1.165, 1.54) is 5.01 Å². The summed E-state index contributed by atoms with van der Waals surface area (Å²) in [7, 11) is 1.70. The largest absolute Gasteiger partial charge is 0.273 e. The molecule has 14 heavy (non-hydrogen) atoms. The smallest absolute Gasteiger partial charge is 0.247 e. The van der Waals surface area contributed by atoms with Crippen LogP contribution in [0.4, 0.5) is 0 Å². The van der Waals surface area contributed by atoms with E-state index in [4.69, 9.17) is 23.2 Å². The van der Waals surface area contributed by atoms with Crippen molar-refractivity contribution in [1.29, 1.82) is 0 Å². The van der Waals surface area contributed by atoms with Gasteiger partial charge < -0.3 is 0 Å². The number of nitrogens with zero attached hydrogens (tertiary/aromatic N) is 2. The molecule has 1 aromatic rings. The Bertz CT molecular complexity index is 348. The molecule has 1 fully saturated rings. The molecule has 0 aliphatic heterocycles. The summed E-state index contributed by atoms with van der Waals surface area (Å²) in [5.74, 6) is -0.315. The van der Waals surface area contributed by atoms with Gasteiger partial charge in [0.25, 0.3) is 0 Å². The van der Waals surface area contributed by atoms with E-state index in [-0.39, 0.29) is 11.8 Å². The molecule has 1 heterocycles. The highest BCUT2D eigenvalue weighted by atomic mass is 35.5. The molecule has 1 saturated carbocycles. The van der Waals surface area contributed by atoms with Crippen LogP contribution in [-0.2, 0) is 4.79 Å². The molecule has 0 N–H and O–H groups in total. The monoisotopic (exact) mass is 232 g/mol. The fourth-order valence-corrected chi connectivity index (χ4v) is 1.84. The van der Waals surface area contributed by atoms with Crippen molar-refractivity contribution in [2.24, 2.45) is 5.92 Å². The van der Waals surface area contributed by atoms with Crippen LogP contribution < -0.4 is 5.01 Å². The lowest BCUT2D eigenvalue weighted by Gasteiger charge is -2.18. The highest BCUT2D eigenvalue weighted by Crippen LogP contribution is 2.53. The first-order chi connectivity index (χ1) is 6.52. The number of carbonyl (C=O) groups excluding carboxylic acids is 1. The fourth-order valence-electron chi connectivity index (χ4n) is 1.35. The number of rotatable bonds is 2. The molecule has 0 radical (unpaired) electrons. The molecular weight excluding hydrogens is 223 g/mol. The Morgan fingerprint density at radius 2 is 2.00 bits per heavy atom. The van der Waals surface area contributed by atoms with Gasteiger partial charge in [-0.3, -0.25) is 14.5 Å². The van der Waals surface area contributed by atoms with Gasteiger partial charge in [-0.15, -0.1) is 23.2 Å². The summed E-state index contributed by atoms with van der Waals surface area (Å²) < 4.78 is 0.850. The van der Waals surface area contributed by atoms with Crippen LogP contribution in [-0.4, -0.2) is 22.0 Å². The maximum atomic E-state index is 11.8. The van der Waals surface area contributed by atoms with E-state index < -0.39 is 4.33 Å². The van der Waals surface area contributed by atoms with Gasteiger partial charge in [0.1, 0.15) is 4.33 Å². The Labute approximate surface area is 92.2 Å². The number of hydrogen-bond acceptors (Lipinski definition) is 1. The highest BCUT2D eigenvalue weighted by Gasteiger charge is 2.57. The number of hydrogen-bond donors (Lipinski definition) is 0. The first kappa shape index (κ1) is 9.87. The molecule has 0 bridgehead atoms. The van der Waals surface area contributed by atoms with E-state index in [0.29, 0.717) is 6.42 Å². The van der Waals surface area contributed by atoms with Crippen LogP contribution in [0.15, 0.2) is 24.5 Å². The number of aromatic nitrogens is 1. The van der Waals surface area contributed by atoms with Crippen molar-refractivity contribution < 1.29 is 4.79 Å². The third-order valence-corrected chi connectivity index (χ3v) is 3.21. The zero-order valence-electron chi connectivity index (χ0n) is 7.65. The van der Waals surface area contributed by atoms with Crippen molar-refractivity contribution in [3.63, 3.8) is 0 Å². The van der Waals surface area contributed by atoms with Gasteiger partial charge in [-0.25, -0.2) is 0 Å². The van der Waals surface area contributed by atoms with Crippen LogP contribution in [0.2, 0.25) is 0 Å². The Morgan fingerprint density at radius 3 is 2.43 bits per heavy atom. The zero-order valence-corrected chi connectivity index (χ0v) is 9.16. The van der Waals surface area contributed by atoms with Crippen LogP contribution in [0.25, 0.3) is 0 Å². The van der Waals surface area contributed by atoms with E-state index >= 15 is 0 Å². The first-order valence-corrected chi connectivity index (χ1v) is 5.06. The zero-order chi connectivity index (χ0) is 10.3. The lowest BCUT2D eigenvalue weighted by atomic mass is 10.4. The summed E-state index contributed by atoms with van der Waals surface area (Å²) >= 11 is 11.6. The van der Waals surface area contributed by atoms with Crippen LogP contribution in [0.5, 0.6) is 0 Å². The SMILES string of the molecule is CN(C(=O)C1CC1(Cl)Cl)n1cccc1. The van der Waals surface area contributed by atoms with Gasteiger partial charge in [-0.05, 0) is 18.6 Å². The number of carbonyl (C=O) groups is 1. The minimum Gasteiger partial charge on any atom is -0.273 e. The lowest BCUT2D eigenvalue weighted by Crippen LogP contribution is -2.37. The number of halogens is 2. The molecule has 5 heteroatoms. The van der Waals surface area contributed by atoms with Crippen molar-refractivity contribution in [1.82, 2.24) is 4.68 Å². The summed E-state index contributed by atoms with van der Waals surface area (Å²) in [6, 6.07) is 3.71. The second-order valence-corrected chi connectivity index (χ2v) is 4.99. The standard InChI is InChI=1S/C9H10Cl2N2O/c1-12(13-4-2-3-5-13)8(14)7-6-9(7,10)11/h2-5,7H,6H2,1H3. The van der Waals surface area contributed by atoms with Crippen molar-refractivity contribution >= 4 is 29.1 Å². The lowest BCUT2D eigenvalue weighted by molar-refractivity contribution is -0.121. The summed E-state index contributed by atoms with van der Waals surface area (Å²) in [4.78, 5) is 11.8. The average molecular weight is 233 g/mol. The van der Waals surface area contributed by atoms with E-state index in [1.54, 1.807) is 24.1 Å². The van der Waals surface area contributed by atoms with Crippen LogP contribution in [0.3, 0.4) is 0 Å². The molecule has 76 valence electrons. The minimum absolute atomic E-state index is 0.0498. The van der Waals surface area contributed by atoms with E-state index in [1.807, 2.05) is 12.1 Å². The molecule has 1 amide bonds. The maximum Gasteiger partial charge on any atom is 0.247 e. The topological polar surface area (TPSA) is 25.2 Å². The summed E-state index contributed by atoms with van der Waals surface area (Å²) in [5.41, 5.74) is 0. The van der Waals surface area contributed by atoms with Crippen LogP contribution in [0, 0.1) is 5.92 Å². The maximum absolute atomic E-state index is 11.8. The predicted octanol–water partition coefficient (Wildman–Crippen LogP) is 1.78. The van der Waals surface area contributed by atoms with Gasteiger partial charge in [-0.1, -0.05) is 0 Å². The molecule has 1 unspecified atom stereocenters. The molecule has 1 aliphatic rings. The normalized spacial score (nSPS) is 23.2. The van der Waals surface area contributed by atoms with Crippen molar-refractivity contribution in [2.75, 3.05) is 12.1 Å². The van der Waals surface area contributed by atoms with E-state index in [2.05, 4.69) is 0 Å². The second kappa shape index (κ2) is 3.17. The Balaban J connectivity index is 2.07. The molecular formula is C9H10Cl2N2O. The Kier molecular flexibility index (Phi) is 2.24. The molecule has 0 aromatic carbocycles. The van der Waals surface area contributed by atoms with Crippen molar-refractivity contribution in [3.05, 3.63) is 24.5 Å². The average Bonchev–Trinajstić information content (AvgIpc) is 2.60.